The highest BCUT2D eigenvalue weighted by atomic mass is 35.5. The summed E-state index contributed by atoms with van der Waals surface area (Å²) in [5.74, 6) is -1.14. The standard InChI is InChI=1S/C10H7ClN2O3/c11-6-2-1-3-7(4-6)12-10-13-8(5-16-10)9(14)15/h1-5H,(H,12,13)(H,14,15). The van der Waals surface area contributed by atoms with Crippen molar-refractivity contribution in [3.05, 3.63) is 41.2 Å². The van der Waals surface area contributed by atoms with Gasteiger partial charge in [-0.1, -0.05) is 17.7 Å². The van der Waals surface area contributed by atoms with Crippen LogP contribution in [0.15, 0.2) is 34.9 Å². The van der Waals surface area contributed by atoms with E-state index in [4.69, 9.17) is 21.1 Å². The molecule has 2 rings (SSSR count). The van der Waals surface area contributed by atoms with E-state index in [1.165, 1.54) is 0 Å². The third-order valence-corrected chi connectivity index (χ3v) is 2.03. The number of benzene rings is 1. The molecule has 0 saturated carbocycles. The van der Waals surface area contributed by atoms with Gasteiger partial charge in [0.05, 0.1) is 0 Å². The molecule has 82 valence electrons. The van der Waals surface area contributed by atoms with Gasteiger partial charge >= 0.3 is 5.97 Å². The van der Waals surface area contributed by atoms with Crippen molar-refractivity contribution in [3.8, 4) is 0 Å². The predicted octanol–water partition coefficient (Wildman–Crippen LogP) is 2.77. The Kier molecular flexibility index (Phi) is 2.78. The Morgan fingerprint density at radius 2 is 2.31 bits per heavy atom. The number of nitrogens with one attached hydrogen (secondary N) is 1. The highest BCUT2D eigenvalue weighted by Crippen LogP contribution is 2.19. The van der Waals surface area contributed by atoms with Crippen LogP contribution in [0.5, 0.6) is 0 Å². The lowest BCUT2D eigenvalue weighted by atomic mass is 10.3. The van der Waals surface area contributed by atoms with Gasteiger partial charge in [0.15, 0.2) is 5.69 Å². The van der Waals surface area contributed by atoms with Crippen LogP contribution in [-0.2, 0) is 0 Å². The molecule has 0 aliphatic heterocycles. The van der Waals surface area contributed by atoms with Crippen molar-refractivity contribution in [3.63, 3.8) is 0 Å². The molecule has 2 aromatic rings. The van der Waals surface area contributed by atoms with Crippen molar-refractivity contribution in [1.29, 1.82) is 0 Å². The quantitative estimate of drug-likeness (QED) is 0.860. The minimum absolute atomic E-state index is 0.111. The fourth-order valence-corrected chi connectivity index (χ4v) is 1.31. The lowest BCUT2D eigenvalue weighted by Crippen LogP contribution is -1.97. The first kappa shape index (κ1) is 10.5. The number of oxazole rings is 1. The Hall–Kier alpha value is -2.01. The Morgan fingerprint density at radius 1 is 1.50 bits per heavy atom. The van der Waals surface area contributed by atoms with Gasteiger partial charge in [-0.3, -0.25) is 0 Å². The molecule has 1 aromatic heterocycles. The Balaban J connectivity index is 2.17. The smallest absolute Gasteiger partial charge is 0.357 e. The molecule has 0 amide bonds. The number of hydrogen-bond acceptors (Lipinski definition) is 4. The molecule has 0 fully saturated rings. The van der Waals surface area contributed by atoms with E-state index >= 15 is 0 Å². The maximum atomic E-state index is 10.5. The Bertz CT molecular complexity index is 524. The van der Waals surface area contributed by atoms with Crippen molar-refractivity contribution < 1.29 is 14.3 Å². The van der Waals surface area contributed by atoms with Gasteiger partial charge in [0.25, 0.3) is 6.01 Å². The largest absolute Gasteiger partial charge is 0.476 e. The first-order valence-electron chi connectivity index (χ1n) is 4.36. The number of hydrogen-bond donors (Lipinski definition) is 2. The van der Waals surface area contributed by atoms with Crippen LogP contribution in [0.25, 0.3) is 0 Å². The molecule has 1 aromatic carbocycles. The van der Waals surface area contributed by atoms with E-state index in [-0.39, 0.29) is 11.7 Å². The molecule has 16 heavy (non-hydrogen) atoms. The van der Waals surface area contributed by atoms with E-state index in [2.05, 4.69) is 10.3 Å². The predicted molar refractivity (Wildman–Crippen MR) is 58.2 cm³/mol. The Morgan fingerprint density at radius 3 is 2.94 bits per heavy atom. The minimum Gasteiger partial charge on any atom is -0.476 e. The number of aromatic carboxylic acids is 1. The third-order valence-electron chi connectivity index (χ3n) is 1.80. The van der Waals surface area contributed by atoms with E-state index in [9.17, 15) is 4.79 Å². The summed E-state index contributed by atoms with van der Waals surface area (Å²) in [5, 5.41) is 12.0. The second kappa shape index (κ2) is 4.24. The molecule has 0 aliphatic rings. The molecule has 5 nitrogen and oxygen atoms in total. The van der Waals surface area contributed by atoms with Gasteiger partial charge in [-0.2, -0.15) is 4.98 Å². The SMILES string of the molecule is O=C(O)c1coc(Nc2cccc(Cl)c2)n1. The molecule has 0 spiro atoms. The average molecular weight is 239 g/mol. The van der Waals surface area contributed by atoms with Gasteiger partial charge in [0, 0.05) is 10.7 Å². The normalized spacial score (nSPS) is 10.1. The zero-order valence-corrected chi connectivity index (χ0v) is 8.73. The minimum atomic E-state index is -1.14. The maximum absolute atomic E-state index is 10.5. The van der Waals surface area contributed by atoms with E-state index in [1.807, 2.05) is 0 Å². The molecule has 0 saturated heterocycles. The summed E-state index contributed by atoms with van der Waals surface area (Å²) in [4.78, 5) is 14.3. The fraction of sp³-hybridized carbons (Fsp3) is 0. The molecule has 0 bridgehead atoms. The molecule has 0 atom stereocenters. The second-order valence-electron chi connectivity index (χ2n) is 2.98. The van der Waals surface area contributed by atoms with Gasteiger partial charge in [0.1, 0.15) is 6.26 Å². The van der Waals surface area contributed by atoms with Gasteiger partial charge in [-0.25, -0.2) is 4.79 Å². The maximum Gasteiger partial charge on any atom is 0.357 e. The number of rotatable bonds is 3. The highest BCUT2D eigenvalue weighted by molar-refractivity contribution is 6.30. The number of carboxylic acids is 1. The van der Waals surface area contributed by atoms with Crippen molar-refractivity contribution >= 4 is 29.3 Å². The Labute approximate surface area is 95.7 Å². The lowest BCUT2D eigenvalue weighted by molar-refractivity contribution is 0.0690. The lowest BCUT2D eigenvalue weighted by Gasteiger charge is -2.00. The molecule has 0 aliphatic carbocycles. The van der Waals surface area contributed by atoms with Gasteiger partial charge in [-0.05, 0) is 18.2 Å². The number of aromatic nitrogens is 1. The first-order valence-corrected chi connectivity index (χ1v) is 4.74. The first-order chi connectivity index (χ1) is 7.65. The van der Waals surface area contributed by atoms with Crippen LogP contribution in [0.3, 0.4) is 0 Å². The van der Waals surface area contributed by atoms with E-state index in [0.717, 1.165) is 6.26 Å². The van der Waals surface area contributed by atoms with E-state index in [0.29, 0.717) is 10.7 Å². The van der Waals surface area contributed by atoms with Crippen LogP contribution in [0.2, 0.25) is 5.02 Å². The molecule has 2 N–H and O–H groups in total. The van der Waals surface area contributed by atoms with E-state index in [1.54, 1.807) is 24.3 Å². The fourth-order valence-electron chi connectivity index (χ4n) is 1.12. The van der Waals surface area contributed by atoms with Gasteiger partial charge in [-0.15, -0.1) is 0 Å². The summed E-state index contributed by atoms with van der Waals surface area (Å²) in [7, 11) is 0. The molecule has 0 unspecified atom stereocenters. The number of halogens is 1. The zero-order chi connectivity index (χ0) is 11.5. The summed E-state index contributed by atoms with van der Waals surface area (Å²) < 4.78 is 4.92. The van der Waals surface area contributed by atoms with Crippen molar-refractivity contribution in [1.82, 2.24) is 4.98 Å². The highest BCUT2D eigenvalue weighted by Gasteiger charge is 2.10. The van der Waals surface area contributed by atoms with Crippen LogP contribution in [-0.4, -0.2) is 16.1 Å². The summed E-state index contributed by atoms with van der Waals surface area (Å²) in [6, 6.07) is 7.03. The third kappa shape index (κ3) is 2.32. The topological polar surface area (TPSA) is 75.4 Å². The van der Waals surface area contributed by atoms with Crippen LogP contribution in [0, 0.1) is 0 Å². The average Bonchev–Trinajstić information content (AvgIpc) is 2.66. The van der Waals surface area contributed by atoms with Gasteiger partial charge in [0.2, 0.25) is 0 Å². The summed E-state index contributed by atoms with van der Waals surface area (Å²) in [5.41, 5.74) is 0.524. The number of carbonyl (C=O) groups is 1. The van der Waals surface area contributed by atoms with Gasteiger partial charge < -0.3 is 14.8 Å². The molecule has 0 radical (unpaired) electrons. The molecule has 6 heteroatoms. The number of carboxylic acid groups (broad SMARTS) is 1. The van der Waals surface area contributed by atoms with E-state index < -0.39 is 5.97 Å². The van der Waals surface area contributed by atoms with Crippen molar-refractivity contribution in [2.45, 2.75) is 0 Å². The van der Waals surface area contributed by atoms with Crippen molar-refractivity contribution in [2.24, 2.45) is 0 Å². The monoisotopic (exact) mass is 238 g/mol. The number of anilines is 2. The summed E-state index contributed by atoms with van der Waals surface area (Å²) in [6.07, 6.45) is 1.06. The number of nitrogens with zero attached hydrogens (tertiary/aromatic N) is 1. The molecular formula is C10H7ClN2O3. The molecule has 1 heterocycles. The van der Waals surface area contributed by atoms with Crippen LogP contribution in [0.1, 0.15) is 10.5 Å². The molecular weight excluding hydrogens is 232 g/mol. The van der Waals surface area contributed by atoms with Crippen LogP contribution >= 0.6 is 11.6 Å². The van der Waals surface area contributed by atoms with Crippen LogP contribution in [0.4, 0.5) is 11.7 Å². The van der Waals surface area contributed by atoms with Crippen molar-refractivity contribution in [2.75, 3.05) is 5.32 Å². The summed E-state index contributed by atoms with van der Waals surface area (Å²) in [6.45, 7) is 0. The van der Waals surface area contributed by atoms with Crippen LogP contribution < -0.4 is 5.32 Å². The summed E-state index contributed by atoms with van der Waals surface area (Å²) >= 11 is 5.78. The second-order valence-corrected chi connectivity index (χ2v) is 3.41. The zero-order valence-electron chi connectivity index (χ0n) is 7.98.